The minimum atomic E-state index is -0.146. The third kappa shape index (κ3) is 5.29. The summed E-state index contributed by atoms with van der Waals surface area (Å²) in [4.78, 5) is 18.7. The summed E-state index contributed by atoms with van der Waals surface area (Å²) in [6.07, 6.45) is 0. The van der Waals surface area contributed by atoms with Gasteiger partial charge in [0.15, 0.2) is 5.13 Å². The highest BCUT2D eigenvalue weighted by Crippen LogP contribution is 2.38. The lowest BCUT2D eigenvalue weighted by Crippen LogP contribution is -2.24. The van der Waals surface area contributed by atoms with Gasteiger partial charge in [0, 0.05) is 23.6 Å². The van der Waals surface area contributed by atoms with Crippen molar-refractivity contribution in [3.63, 3.8) is 0 Å². The van der Waals surface area contributed by atoms with E-state index < -0.39 is 0 Å². The van der Waals surface area contributed by atoms with Crippen LogP contribution in [0.5, 0.6) is 0 Å². The van der Waals surface area contributed by atoms with E-state index in [1.165, 1.54) is 30.0 Å². The predicted octanol–water partition coefficient (Wildman–Crippen LogP) is 7.06. The number of carbonyl (C=O) groups excluding carboxylic acids is 1. The van der Waals surface area contributed by atoms with Crippen molar-refractivity contribution in [3.8, 4) is 11.5 Å². The molecule has 9 heteroatoms. The van der Waals surface area contributed by atoms with E-state index >= 15 is 0 Å². The number of hydrogen-bond donors (Lipinski definition) is 0. The molecule has 170 valence electrons. The zero-order valence-electron chi connectivity index (χ0n) is 19.0. The van der Waals surface area contributed by atoms with E-state index in [1.54, 1.807) is 4.90 Å². The maximum absolute atomic E-state index is 12.5. The second kappa shape index (κ2) is 9.67. The van der Waals surface area contributed by atoms with Crippen molar-refractivity contribution in [1.82, 2.24) is 15.2 Å². The first-order chi connectivity index (χ1) is 15.7. The van der Waals surface area contributed by atoms with E-state index in [4.69, 9.17) is 16.0 Å². The second-order valence-corrected chi connectivity index (χ2v) is 10.1. The summed E-state index contributed by atoms with van der Waals surface area (Å²) < 4.78 is 5.84. The summed E-state index contributed by atoms with van der Waals surface area (Å²) >= 11 is 9.30. The summed E-state index contributed by atoms with van der Waals surface area (Å²) in [6, 6.07) is 10.0. The quantitative estimate of drug-likeness (QED) is 0.265. The highest BCUT2D eigenvalue weighted by atomic mass is 35.5. The van der Waals surface area contributed by atoms with E-state index in [9.17, 15) is 4.79 Å². The smallest absolute Gasteiger partial charge is 0.277 e. The SMILES string of the molecule is CC(=O)N(c1nc(CSc2nnc(-c3cc(C)cc(C)c3)o2)cs1)c1c(C)cc(C)cc1Cl. The highest BCUT2D eigenvalue weighted by molar-refractivity contribution is 7.98. The van der Waals surface area contributed by atoms with Gasteiger partial charge in [0.25, 0.3) is 5.22 Å². The van der Waals surface area contributed by atoms with Gasteiger partial charge in [-0.25, -0.2) is 4.98 Å². The molecule has 0 aliphatic heterocycles. The number of carbonyl (C=O) groups is 1. The lowest BCUT2D eigenvalue weighted by Gasteiger charge is -2.22. The van der Waals surface area contributed by atoms with Gasteiger partial charge in [0.05, 0.1) is 16.4 Å². The number of amides is 1. The topological polar surface area (TPSA) is 72.1 Å². The van der Waals surface area contributed by atoms with Gasteiger partial charge in [-0.05, 0) is 57.0 Å². The van der Waals surface area contributed by atoms with Crippen molar-refractivity contribution in [2.75, 3.05) is 4.90 Å². The van der Waals surface area contributed by atoms with Crippen molar-refractivity contribution < 1.29 is 9.21 Å². The van der Waals surface area contributed by atoms with Crippen molar-refractivity contribution >= 4 is 51.4 Å². The van der Waals surface area contributed by atoms with Gasteiger partial charge >= 0.3 is 0 Å². The third-order valence-corrected chi connectivity index (χ3v) is 6.90. The molecule has 0 aliphatic rings. The van der Waals surface area contributed by atoms with Gasteiger partial charge in [0.2, 0.25) is 11.8 Å². The zero-order valence-corrected chi connectivity index (χ0v) is 21.4. The summed E-state index contributed by atoms with van der Waals surface area (Å²) in [7, 11) is 0. The average Bonchev–Trinajstić information content (AvgIpc) is 3.37. The minimum absolute atomic E-state index is 0.146. The van der Waals surface area contributed by atoms with Crippen LogP contribution in [-0.4, -0.2) is 21.1 Å². The number of aromatic nitrogens is 3. The van der Waals surface area contributed by atoms with E-state index in [0.717, 1.165) is 33.5 Å². The molecule has 2 heterocycles. The number of hydrogen-bond acceptors (Lipinski definition) is 7. The molecule has 2 aromatic heterocycles. The van der Waals surface area contributed by atoms with Crippen molar-refractivity contribution in [2.24, 2.45) is 0 Å². The molecule has 0 aliphatic carbocycles. The van der Waals surface area contributed by atoms with Crippen LogP contribution in [0.2, 0.25) is 5.02 Å². The number of aryl methyl sites for hydroxylation is 4. The van der Waals surface area contributed by atoms with Crippen LogP contribution >= 0.6 is 34.7 Å². The Morgan fingerprint density at radius 1 is 1.06 bits per heavy atom. The first kappa shape index (κ1) is 23.5. The molecule has 0 spiro atoms. The monoisotopic (exact) mass is 498 g/mol. The molecule has 0 unspecified atom stereocenters. The van der Waals surface area contributed by atoms with Gasteiger partial charge in [-0.2, -0.15) is 0 Å². The fourth-order valence-electron chi connectivity index (χ4n) is 3.66. The first-order valence-corrected chi connectivity index (χ1v) is 12.5. The molecule has 33 heavy (non-hydrogen) atoms. The number of rotatable bonds is 6. The second-order valence-electron chi connectivity index (χ2n) is 7.93. The normalized spacial score (nSPS) is 11.1. The van der Waals surface area contributed by atoms with Crippen LogP contribution in [0.1, 0.15) is 34.9 Å². The third-order valence-electron chi connectivity index (χ3n) is 4.89. The molecular weight excluding hydrogens is 476 g/mol. The molecular formula is C24H23ClN4O2S2. The zero-order chi connectivity index (χ0) is 23.7. The molecule has 0 bridgehead atoms. The van der Waals surface area contributed by atoms with E-state index in [0.29, 0.717) is 32.7 Å². The lowest BCUT2D eigenvalue weighted by atomic mass is 10.1. The Balaban J connectivity index is 1.51. The molecule has 0 N–H and O–H groups in total. The average molecular weight is 499 g/mol. The number of thiazole rings is 1. The standard InChI is InChI=1S/C24H23ClN4O2S2/c1-13-6-14(2)9-18(8-13)22-27-28-24(31-22)33-12-19-11-32-23(26-19)29(17(5)30)21-16(4)7-15(3)10-20(21)25/h6-11H,12H2,1-5H3. The maximum atomic E-state index is 12.5. The van der Waals surface area contributed by atoms with Crippen LogP contribution in [0.3, 0.4) is 0 Å². The predicted molar refractivity (Wildman–Crippen MR) is 135 cm³/mol. The fraction of sp³-hybridized carbons (Fsp3) is 0.250. The van der Waals surface area contributed by atoms with E-state index in [-0.39, 0.29) is 5.91 Å². The Labute approximate surface area is 206 Å². The molecule has 2 aromatic carbocycles. The largest absolute Gasteiger partial charge is 0.411 e. The summed E-state index contributed by atoms with van der Waals surface area (Å²) in [5, 5.41) is 11.8. The fourth-order valence-corrected chi connectivity index (χ4v) is 5.70. The van der Waals surface area contributed by atoms with Gasteiger partial charge in [-0.3, -0.25) is 9.69 Å². The van der Waals surface area contributed by atoms with Crippen LogP contribution < -0.4 is 4.90 Å². The van der Waals surface area contributed by atoms with Crippen LogP contribution in [-0.2, 0) is 10.5 Å². The Hall–Kier alpha value is -2.68. The molecule has 0 radical (unpaired) electrons. The van der Waals surface area contributed by atoms with E-state index in [1.807, 2.05) is 57.3 Å². The lowest BCUT2D eigenvalue weighted by molar-refractivity contribution is -0.115. The number of nitrogens with zero attached hydrogens (tertiary/aromatic N) is 4. The van der Waals surface area contributed by atoms with Crippen molar-refractivity contribution in [3.05, 3.63) is 68.7 Å². The summed E-state index contributed by atoms with van der Waals surface area (Å²) in [5.74, 6) is 0.889. The molecule has 4 aromatic rings. The van der Waals surface area contributed by atoms with Crippen LogP contribution in [0.4, 0.5) is 10.8 Å². The molecule has 1 amide bonds. The number of thioether (sulfide) groups is 1. The molecule has 0 fully saturated rings. The Bertz CT molecular complexity index is 1290. The Kier molecular flexibility index (Phi) is 6.88. The first-order valence-electron chi connectivity index (χ1n) is 10.3. The van der Waals surface area contributed by atoms with E-state index in [2.05, 4.69) is 21.2 Å². The molecule has 0 atom stereocenters. The minimum Gasteiger partial charge on any atom is -0.411 e. The number of anilines is 2. The summed E-state index contributed by atoms with van der Waals surface area (Å²) in [5.41, 5.74) is 6.64. The molecule has 0 saturated heterocycles. The summed E-state index contributed by atoms with van der Waals surface area (Å²) in [6.45, 7) is 9.51. The van der Waals surface area contributed by atoms with Crippen molar-refractivity contribution in [2.45, 2.75) is 45.6 Å². The van der Waals surface area contributed by atoms with Gasteiger partial charge in [-0.15, -0.1) is 21.5 Å². The molecule has 0 saturated carbocycles. The van der Waals surface area contributed by atoms with Crippen LogP contribution in [0.25, 0.3) is 11.5 Å². The van der Waals surface area contributed by atoms with Gasteiger partial charge in [-0.1, -0.05) is 46.6 Å². The Morgan fingerprint density at radius 2 is 1.76 bits per heavy atom. The van der Waals surface area contributed by atoms with Crippen LogP contribution in [0.15, 0.2) is 45.4 Å². The maximum Gasteiger partial charge on any atom is 0.277 e. The van der Waals surface area contributed by atoms with Gasteiger partial charge in [0.1, 0.15) is 0 Å². The Morgan fingerprint density at radius 3 is 2.42 bits per heavy atom. The molecule has 6 nitrogen and oxygen atoms in total. The van der Waals surface area contributed by atoms with Gasteiger partial charge < -0.3 is 4.42 Å². The number of halogens is 1. The van der Waals surface area contributed by atoms with Crippen LogP contribution in [0, 0.1) is 27.7 Å². The highest BCUT2D eigenvalue weighted by Gasteiger charge is 2.23. The number of benzene rings is 2. The molecule has 4 rings (SSSR count). The van der Waals surface area contributed by atoms with Crippen molar-refractivity contribution in [1.29, 1.82) is 0 Å².